The lowest BCUT2D eigenvalue weighted by Crippen LogP contribution is -1.96. The molecule has 2 aromatic carbocycles. The van der Waals surface area contributed by atoms with Crippen LogP contribution in [0, 0.1) is 10.1 Å². The number of nitro benzene ring substituents is 1. The SMILES string of the molecule is O=C(/C=C/c1ccc([N+](=O)[O-])cc1)c1ccc(-n2cccc2)cc1. The maximum Gasteiger partial charge on any atom is 0.269 e. The lowest BCUT2D eigenvalue weighted by Gasteiger charge is -2.03. The van der Waals surface area contributed by atoms with E-state index < -0.39 is 4.92 Å². The summed E-state index contributed by atoms with van der Waals surface area (Å²) in [5.41, 5.74) is 2.33. The first kappa shape index (κ1) is 15.4. The molecule has 0 saturated carbocycles. The van der Waals surface area contributed by atoms with E-state index in [1.165, 1.54) is 18.2 Å². The second-order valence-electron chi connectivity index (χ2n) is 5.18. The van der Waals surface area contributed by atoms with E-state index in [0.29, 0.717) is 5.56 Å². The summed E-state index contributed by atoms with van der Waals surface area (Å²) in [4.78, 5) is 22.3. The Labute approximate surface area is 138 Å². The normalized spacial score (nSPS) is 10.8. The molecule has 3 rings (SSSR count). The third-order valence-electron chi connectivity index (χ3n) is 3.59. The molecule has 0 unspecified atom stereocenters. The molecule has 1 aromatic heterocycles. The second kappa shape index (κ2) is 6.75. The molecular weight excluding hydrogens is 304 g/mol. The fourth-order valence-corrected chi connectivity index (χ4v) is 2.28. The Morgan fingerprint density at radius 1 is 0.958 bits per heavy atom. The summed E-state index contributed by atoms with van der Waals surface area (Å²) in [6.45, 7) is 0. The Balaban J connectivity index is 1.71. The van der Waals surface area contributed by atoms with Gasteiger partial charge in [-0.05, 0) is 60.2 Å². The van der Waals surface area contributed by atoms with Crippen molar-refractivity contribution in [1.82, 2.24) is 4.57 Å². The summed E-state index contributed by atoms with van der Waals surface area (Å²) in [5, 5.41) is 10.6. The zero-order valence-electron chi connectivity index (χ0n) is 12.7. The van der Waals surface area contributed by atoms with Crippen LogP contribution in [0.5, 0.6) is 0 Å². The van der Waals surface area contributed by atoms with Crippen LogP contribution in [-0.2, 0) is 0 Å². The number of allylic oxidation sites excluding steroid dienone is 1. The topological polar surface area (TPSA) is 65.1 Å². The summed E-state index contributed by atoms with van der Waals surface area (Å²) in [7, 11) is 0. The minimum Gasteiger partial charge on any atom is -0.324 e. The molecule has 0 aliphatic rings. The molecule has 0 amide bonds. The van der Waals surface area contributed by atoms with Crippen LogP contribution in [-0.4, -0.2) is 15.3 Å². The molecule has 0 atom stereocenters. The number of non-ortho nitro benzene ring substituents is 1. The highest BCUT2D eigenvalue weighted by molar-refractivity contribution is 6.06. The van der Waals surface area contributed by atoms with E-state index >= 15 is 0 Å². The van der Waals surface area contributed by atoms with Gasteiger partial charge in [-0.3, -0.25) is 14.9 Å². The number of hydrogen-bond acceptors (Lipinski definition) is 3. The van der Waals surface area contributed by atoms with Gasteiger partial charge in [0.05, 0.1) is 4.92 Å². The van der Waals surface area contributed by atoms with Crippen molar-refractivity contribution in [3.05, 3.63) is 100 Å². The summed E-state index contributed by atoms with van der Waals surface area (Å²) >= 11 is 0. The van der Waals surface area contributed by atoms with Crippen molar-refractivity contribution in [3.8, 4) is 5.69 Å². The number of rotatable bonds is 5. The summed E-state index contributed by atoms with van der Waals surface area (Å²) in [6, 6.07) is 17.2. The molecule has 1 heterocycles. The lowest BCUT2D eigenvalue weighted by molar-refractivity contribution is -0.384. The highest BCUT2D eigenvalue weighted by Crippen LogP contribution is 2.14. The molecule has 0 bridgehead atoms. The van der Waals surface area contributed by atoms with Gasteiger partial charge in [-0.25, -0.2) is 0 Å². The Morgan fingerprint density at radius 2 is 1.58 bits per heavy atom. The van der Waals surface area contributed by atoms with Gasteiger partial charge in [-0.15, -0.1) is 0 Å². The van der Waals surface area contributed by atoms with Gasteiger partial charge >= 0.3 is 0 Å². The molecule has 0 saturated heterocycles. The maximum absolute atomic E-state index is 12.2. The molecule has 5 nitrogen and oxygen atoms in total. The Hall–Kier alpha value is -3.47. The predicted molar refractivity (Wildman–Crippen MR) is 92.2 cm³/mol. The van der Waals surface area contributed by atoms with E-state index in [2.05, 4.69) is 0 Å². The van der Waals surface area contributed by atoms with Gasteiger partial charge in [-0.2, -0.15) is 0 Å². The van der Waals surface area contributed by atoms with Gasteiger partial charge < -0.3 is 4.57 Å². The largest absolute Gasteiger partial charge is 0.324 e. The van der Waals surface area contributed by atoms with E-state index in [-0.39, 0.29) is 11.5 Å². The van der Waals surface area contributed by atoms with Crippen LogP contribution in [0.15, 0.2) is 79.1 Å². The van der Waals surface area contributed by atoms with Crippen LogP contribution in [0.2, 0.25) is 0 Å². The van der Waals surface area contributed by atoms with Gasteiger partial charge in [0.25, 0.3) is 5.69 Å². The van der Waals surface area contributed by atoms with Crippen molar-refractivity contribution in [2.45, 2.75) is 0 Å². The van der Waals surface area contributed by atoms with Gasteiger partial charge in [-0.1, -0.05) is 6.08 Å². The highest BCUT2D eigenvalue weighted by atomic mass is 16.6. The van der Waals surface area contributed by atoms with Crippen LogP contribution in [0.3, 0.4) is 0 Å². The zero-order chi connectivity index (χ0) is 16.9. The summed E-state index contributed by atoms with van der Waals surface area (Å²) in [5.74, 6) is -0.118. The minimum absolute atomic E-state index is 0.0269. The van der Waals surface area contributed by atoms with Gasteiger partial charge in [0, 0.05) is 35.8 Å². The van der Waals surface area contributed by atoms with Crippen molar-refractivity contribution in [1.29, 1.82) is 0 Å². The van der Waals surface area contributed by atoms with Crippen molar-refractivity contribution < 1.29 is 9.72 Å². The number of nitro groups is 1. The summed E-state index contributed by atoms with van der Waals surface area (Å²) < 4.78 is 1.96. The van der Waals surface area contributed by atoms with E-state index in [1.807, 2.05) is 41.2 Å². The third kappa shape index (κ3) is 3.47. The number of carbonyl (C=O) groups excluding carboxylic acids is 1. The van der Waals surface area contributed by atoms with E-state index in [1.54, 1.807) is 30.3 Å². The fourth-order valence-electron chi connectivity index (χ4n) is 2.28. The first-order valence-corrected chi connectivity index (χ1v) is 7.34. The van der Waals surface area contributed by atoms with Crippen molar-refractivity contribution in [2.75, 3.05) is 0 Å². The Morgan fingerprint density at radius 3 is 2.17 bits per heavy atom. The minimum atomic E-state index is -0.453. The number of ketones is 1. The molecule has 0 fully saturated rings. The molecule has 24 heavy (non-hydrogen) atoms. The average molecular weight is 318 g/mol. The lowest BCUT2D eigenvalue weighted by atomic mass is 10.1. The standard InChI is InChI=1S/C19H14N2O3/c22-19(12-5-15-3-8-18(9-4-15)21(23)24)16-6-10-17(11-7-16)20-13-1-2-14-20/h1-14H/b12-5+. The van der Waals surface area contributed by atoms with Gasteiger partial charge in [0.2, 0.25) is 0 Å². The van der Waals surface area contributed by atoms with E-state index in [9.17, 15) is 14.9 Å². The highest BCUT2D eigenvalue weighted by Gasteiger charge is 2.04. The number of aromatic nitrogens is 1. The van der Waals surface area contributed by atoms with Crippen molar-refractivity contribution in [2.24, 2.45) is 0 Å². The third-order valence-corrected chi connectivity index (χ3v) is 3.59. The second-order valence-corrected chi connectivity index (χ2v) is 5.18. The van der Waals surface area contributed by atoms with Crippen LogP contribution >= 0.6 is 0 Å². The maximum atomic E-state index is 12.2. The average Bonchev–Trinajstić information content (AvgIpc) is 3.15. The number of benzene rings is 2. The van der Waals surface area contributed by atoms with Crippen molar-refractivity contribution in [3.63, 3.8) is 0 Å². The molecule has 0 aliphatic heterocycles. The molecule has 5 heteroatoms. The number of nitrogens with zero attached hydrogens (tertiary/aromatic N) is 2. The van der Waals surface area contributed by atoms with Crippen LogP contribution in [0.1, 0.15) is 15.9 Å². The Bertz CT molecular complexity index is 877. The molecule has 0 aliphatic carbocycles. The zero-order valence-corrected chi connectivity index (χ0v) is 12.7. The smallest absolute Gasteiger partial charge is 0.269 e. The van der Waals surface area contributed by atoms with E-state index in [0.717, 1.165) is 11.3 Å². The molecule has 118 valence electrons. The summed E-state index contributed by atoms with van der Waals surface area (Å²) in [6.07, 6.45) is 6.98. The number of hydrogen-bond donors (Lipinski definition) is 0. The molecular formula is C19H14N2O3. The van der Waals surface area contributed by atoms with Crippen LogP contribution in [0.25, 0.3) is 11.8 Å². The molecule has 3 aromatic rings. The molecule has 0 spiro atoms. The van der Waals surface area contributed by atoms with Crippen LogP contribution < -0.4 is 0 Å². The number of carbonyl (C=O) groups is 1. The quantitative estimate of drug-likeness (QED) is 0.305. The molecule has 0 radical (unpaired) electrons. The van der Waals surface area contributed by atoms with Crippen molar-refractivity contribution >= 4 is 17.5 Å². The van der Waals surface area contributed by atoms with Gasteiger partial charge in [0.15, 0.2) is 5.78 Å². The Kier molecular flexibility index (Phi) is 4.34. The van der Waals surface area contributed by atoms with E-state index in [4.69, 9.17) is 0 Å². The first-order valence-electron chi connectivity index (χ1n) is 7.34. The monoisotopic (exact) mass is 318 g/mol. The van der Waals surface area contributed by atoms with Crippen LogP contribution in [0.4, 0.5) is 5.69 Å². The first-order chi connectivity index (χ1) is 11.6. The fraction of sp³-hybridized carbons (Fsp3) is 0. The van der Waals surface area contributed by atoms with Gasteiger partial charge in [0.1, 0.15) is 0 Å². The predicted octanol–water partition coefficient (Wildman–Crippen LogP) is 4.28. The molecule has 0 N–H and O–H groups in total.